The van der Waals surface area contributed by atoms with Crippen molar-refractivity contribution in [3.05, 3.63) is 45.1 Å². The van der Waals surface area contributed by atoms with Crippen LogP contribution in [0.5, 0.6) is 5.75 Å². The van der Waals surface area contributed by atoms with Gasteiger partial charge >= 0.3 is 0 Å². The number of carbonyl (C=O) groups excluding carboxylic acids is 1. The number of rotatable bonds is 4. The smallest absolute Gasteiger partial charge is 0.265 e. The molecule has 1 N–H and O–H groups in total. The molecule has 0 bridgehead atoms. The van der Waals surface area contributed by atoms with Crippen molar-refractivity contribution in [2.75, 3.05) is 5.32 Å². The number of nitrogens with one attached hydrogen (secondary N) is 1. The maximum Gasteiger partial charge on any atom is 0.265 e. The fourth-order valence-electron chi connectivity index (χ4n) is 1.40. The number of benzene rings is 1. The third-order valence-corrected chi connectivity index (χ3v) is 3.86. The third-order valence-electron chi connectivity index (χ3n) is 2.38. The van der Waals surface area contributed by atoms with Gasteiger partial charge in [-0.15, -0.1) is 0 Å². The molecule has 100 valence electrons. The van der Waals surface area contributed by atoms with Crippen molar-refractivity contribution < 1.29 is 9.53 Å². The Morgan fingerprint density at radius 1 is 1.37 bits per heavy atom. The first kappa shape index (κ1) is 14.2. The summed E-state index contributed by atoms with van der Waals surface area (Å²) in [5, 5.41) is 7.17. The van der Waals surface area contributed by atoms with Gasteiger partial charge in [-0.1, -0.05) is 29.3 Å². The highest BCUT2D eigenvalue weighted by molar-refractivity contribution is 7.08. The maximum atomic E-state index is 11.9. The minimum absolute atomic E-state index is 0.241. The Hall–Kier alpha value is -1.23. The van der Waals surface area contributed by atoms with Gasteiger partial charge in [-0.2, -0.15) is 11.3 Å². The van der Waals surface area contributed by atoms with Gasteiger partial charge in [0.05, 0.1) is 10.7 Å². The summed E-state index contributed by atoms with van der Waals surface area (Å²) < 4.78 is 5.51. The minimum Gasteiger partial charge on any atom is -0.479 e. The Bertz CT molecular complexity index is 572. The number of carbonyl (C=O) groups is 1. The highest BCUT2D eigenvalue weighted by Gasteiger charge is 2.17. The summed E-state index contributed by atoms with van der Waals surface area (Å²) in [6.07, 6.45) is -0.670. The quantitative estimate of drug-likeness (QED) is 0.904. The first-order valence-electron chi connectivity index (χ1n) is 5.51. The lowest BCUT2D eigenvalue weighted by Gasteiger charge is -2.15. The second-order valence-corrected chi connectivity index (χ2v) is 5.38. The predicted octanol–water partition coefficient (Wildman–Crippen LogP) is 4.46. The van der Waals surface area contributed by atoms with Crippen molar-refractivity contribution in [2.45, 2.75) is 13.0 Å². The Kier molecular flexibility index (Phi) is 4.69. The lowest BCUT2D eigenvalue weighted by atomic mass is 10.3. The summed E-state index contributed by atoms with van der Waals surface area (Å²) in [4.78, 5) is 11.9. The Labute approximate surface area is 125 Å². The van der Waals surface area contributed by atoms with E-state index >= 15 is 0 Å². The fraction of sp³-hybridized carbons (Fsp3) is 0.154. The van der Waals surface area contributed by atoms with Crippen molar-refractivity contribution >= 4 is 46.1 Å². The zero-order valence-corrected chi connectivity index (χ0v) is 12.4. The maximum absolute atomic E-state index is 11.9. The molecule has 19 heavy (non-hydrogen) atoms. The van der Waals surface area contributed by atoms with Crippen molar-refractivity contribution in [3.8, 4) is 5.75 Å². The molecular weight excluding hydrogens is 305 g/mol. The lowest BCUT2D eigenvalue weighted by molar-refractivity contribution is -0.122. The molecular formula is C13H11Cl2NO2S. The SMILES string of the molecule is CC(Oc1cccc(Cl)c1Cl)C(=O)Nc1ccsc1. The molecule has 1 unspecified atom stereocenters. The molecule has 1 heterocycles. The van der Waals surface area contributed by atoms with Gasteiger partial charge in [-0.25, -0.2) is 0 Å². The van der Waals surface area contributed by atoms with Crippen LogP contribution in [0.1, 0.15) is 6.92 Å². The molecule has 0 aliphatic rings. The van der Waals surface area contributed by atoms with Gasteiger partial charge in [0.15, 0.2) is 6.10 Å². The fourth-order valence-corrected chi connectivity index (χ4v) is 2.32. The number of hydrogen-bond acceptors (Lipinski definition) is 3. The van der Waals surface area contributed by atoms with Crippen LogP contribution in [0.15, 0.2) is 35.0 Å². The van der Waals surface area contributed by atoms with E-state index in [4.69, 9.17) is 27.9 Å². The molecule has 2 aromatic rings. The number of halogens is 2. The van der Waals surface area contributed by atoms with Crippen LogP contribution in [-0.2, 0) is 4.79 Å². The summed E-state index contributed by atoms with van der Waals surface area (Å²) in [7, 11) is 0. The highest BCUT2D eigenvalue weighted by atomic mass is 35.5. The van der Waals surface area contributed by atoms with E-state index in [1.807, 2.05) is 16.8 Å². The molecule has 1 amide bonds. The van der Waals surface area contributed by atoms with Gasteiger partial charge in [-0.3, -0.25) is 4.79 Å². The molecule has 0 radical (unpaired) electrons. The van der Waals surface area contributed by atoms with Crippen molar-refractivity contribution in [2.24, 2.45) is 0 Å². The van der Waals surface area contributed by atoms with Gasteiger partial charge in [0.2, 0.25) is 0 Å². The van der Waals surface area contributed by atoms with Gasteiger partial charge in [-0.05, 0) is 30.5 Å². The summed E-state index contributed by atoms with van der Waals surface area (Å²) in [5.74, 6) is 0.150. The van der Waals surface area contributed by atoms with E-state index in [1.54, 1.807) is 25.1 Å². The zero-order valence-electron chi connectivity index (χ0n) is 10.0. The molecule has 2 rings (SSSR count). The Morgan fingerprint density at radius 3 is 2.84 bits per heavy atom. The second kappa shape index (κ2) is 6.28. The van der Waals surface area contributed by atoms with Crippen LogP contribution in [0.2, 0.25) is 10.0 Å². The lowest BCUT2D eigenvalue weighted by Crippen LogP contribution is -2.30. The monoisotopic (exact) mass is 315 g/mol. The first-order chi connectivity index (χ1) is 9.08. The van der Waals surface area contributed by atoms with Crippen LogP contribution in [0.3, 0.4) is 0 Å². The topological polar surface area (TPSA) is 38.3 Å². The molecule has 1 aromatic heterocycles. The van der Waals surface area contributed by atoms with E-state index in [2.05, 4.69) is 5.32 Å². The van der Waals surface area contributed by atoms with E-state index in [-0.39, 0.29) is 5.91 Å². The molecule has 0 aliphatic heterocycles. The largest absolute Gasteiger partial charge is 0.479 e. The molecule has 1 aromatic carbocycles. The number of amides is 1. The van der Waals surface area contributed by atoms with Crippen molar-refractivity contribution in [3.63, 3.8) is 0 Å². The van der Waals surface area contributed by atoms with Gasteiger partial charge < -0.3 is 10.1 Å². The van der Waals surface area contributed by atoms with Crippen LogP contribution in [0.4, 0.5) is 5.69 Å². The van der Waals surface area contributed by atoms with Gasteiger partial charge in [0.1, 0.15) is 10.8 Å². The summed E-state index contributed by atoms with van der Waals surface area (Å²) >= 11 is 13.4. The normalized spacial score (nSPS) is 11.9. The number of thiophene rings is 1. The number of anilines is 1. The Balaban J connectivity index is 2.02. The van der Waals surface area contributed by atoms with E-state index in [0.29, 0.717) is 15.8 Å². The summed E-state index contributed by atoms with van der Waals surface area (Å²) in [5.41, 5.74) is 0.752. The molecule has 6 heteroatoms. The summed E-state index contributed by atoms with van der Waals surface area (Å²) in [6, 6.07) is 6.87. The van der Waals surface area contributed by atoms with Gasteiger partial charge in [0, 0.05) is 5.38 Å². The van der Waals surface area contributed by atoms with Crippen LogP contribution in [0, 0.1) is 0 Å². The Morgan fingerprint density at radius 2 is 2.16 bits per heavy atom. The van der Waals surface area contributed by atoms with E-state index in [0.717, 1.165) is 5.69 Å². The zero-order chi connectivity index (χ0) is 13.8. The molecule has 0 saturated carbocycles. The third kappa shape index (κ3) is 3.62. The number of hydrogen-bond donors (Lipinski definition) is 1. The molecule has 0 fully saturated rings. The van der Waals surface area contributed by atoms with Crippen LogP contribution in [-0.4, -0.2) is 12.0 Å². The minimum atomic E-state index is -0.670. The van der Waals surface area contributed by atoms with Crippen molar-refractivity contribution in [1.29, 1.82) is 0 Å². The predicted molar refractivity (Wildman–Crippen MR) is 79.5 cm³/mol. The average molecular weight is 316 g/mol. The van der Waals surface area contributed by atoms with Crippen LogP contribution < -0.4 is 10.1 Å². The first-order valence-corrected chi connectivity index (χ1v) is 7.21. The van der Waals surface area contributed by atoms with E-state index in [9.17, 15) is 4.79 Å². The molecule has 0 aliphatic carbocycles. The second-order valence-electron chi connectivity index (χ2n) is 3.81. The molecule has 0 spiro atoms. The van der Waals surface area contributed by atoms with Gasteiger partial charge in [0.25, 0.3) is 5.91 Å². The van der Waals surface area contributed by atoms with E-state index in [1.165, 1.54) is 11.3 Å². The molecule has 1 atom stereocenters. The number of ether oxygens (including phenoxy) is 1. The van der Waals surface area contributed by atoms with Crippen LogP contribution >= 0.6 is 34.5 Å². The highest BCUT2D eigenvalue weighted by Crippen LogP contribution is 2.32. The summed E-state index contributed by atoms with van der Waals surface area (Å²) in [6.45, 7) is 1.65. The van der Waals surface area contributed by atoms with E-state index < -0.39 is 6.10 Å². The standard InChI is InChI=1S/C13H11Cl2NO2S/c1-8(13(17)16-9-5-6-19-7-9)18-11-4-2-3-10(14)12(11)15/h2-8H,1H3,(H,16,17). The molecule has 0 saturated heterocycles. The van der Waals surface area contributed by atoms with Crippen LogP contribution in [0.25, 0.3) is 0 Å². The van der Waals surface area contributed by atoms with Crippen molar-refractivity contribution in [1.82, 2.24) is 0 Å². The molecule has 3 nitrogen and oxygen atoms in total. The average Bonchev–Trinajstić information content (AvgIpc) is 2.87.